The summed E-state index contributed by atoms with van der Waals surface area (Å²) in [5.74, 6) is 0. The average molecular weight is 413 g/mol. The molecule has 0 heterocycles. The van der Waals surface area contributed by atoms with Gasteiger partial charge in [-0.3, -0.25) is 9.05 Å². The van der Waals surface area contributed by atoms with Crippen LogP contribution in [0.1, 0.15) is 66.2 Å². The Balaban J connectivity index is 4.79. The van der Waals surface area contributed by atoms with Crippen LogP contribution in [0.15, 0.2) is 0 Å². The van der Waals surface area contributed by atoms with Gasteiger partial charge in [0.05, 0.1) is 13.2 Å². The standard InChI is InChI=1S/C16H32NO9P/c1-5-9-13(23-15(18)21-11-7-3)25-27(17,20)26-14(10-6-2)24-16(19)22-12-8-4/h13-14H,5-12H2,1-4H3,(H2,17,20). The summed E-state index contributed by atoms with van der Waals surface area (Å²) in [7, 11) is -4.19. The molecule has 27 heavy (non-hydrogen) atoms. The van der Waals surface area contributed by atoms with Crippen LogP contribution in [0.2, 0.25) is 0 Å². The smallest absolute Gasteiger partial charge is 0.434 e. The van der Waals surface area contributed by atoms with Gasteiger partial charge in [0.1, 0.15) is 0 Å². The van der Waals surface area contributed by atoms with Gasteiger partial charge in [0.15, 0.2) is 0 Å². The minimum atomic E-state index is -4.19. The molecule has 0 rings (SSSR count). The zero-order valence-electron chi connectivity index (χ0n) is 16.5. The molecule has 2 atom stereocenters. The van der Waals surface area contributed by atoms with Gasteiger partial charge in [-0.2, -0.15) is 0 Å². The predicted octanol–water partition coefficient (Wildman–Crippen LogP) is 4.47. The van der Waals surface area contributed by atoms with Gasteiger partial charge in [-0.1, -0.05) is 40.5 Å². The van der Waals surface area contributed by atoms with Gasteiger partial charge in [-0.15, -0.1) is 0 Å². The summed E-state index contributed by atoms with van der Waals surface area (Å²) >= 11 is 0. The van der Waals surface area contributed by atoms with Crippen molar-refractivity contribution in [2.24, 2.45) is 5.50 Å². The second kappa shape index (κ2) is 14.7. The number of hydrogen-bond donors (Lipinski definition) is 1. The van der Waals surface area contributed by atoms with Crippen molar-refractivity contribution in [2.75, 3.05) is 13.2 Å². The molecule has 0 aliphatic heterocycles. The number of hydrogen-bond acceptors (Lipinski definition) is 9. The number of rotatable bonds is 14. The van der Waals surface area contributed by atoms with Crippen LogP contribution >= 0.6 is 7.75 Å². The highest BCUT2D eigenvalue weighted by Crippen LogP contribution is 2.44. The summed E-state index contributed by atoms with van der Waals surface area (Å²) in [6, 6.07) is 0. The summed E-state index contributed by atoms with van der Waals surface area (Å²) in [6.45, 7) is 7.64. The summed E-state index contributed by atoms with van der Waals surface area (Å²) in [5.41, 5.74) is 5.58. The molecule has 0 radical (unpaired) electrons. The lowest BCUT2D eigenvalue weighted by Crippen LogP contribution is -2.27. The first kappa shape index (κ1) is 25.6. The Kier molecular flexibility index (Phi) is 13.9. The molecule has 160 valence electrons. The summed E-state index contributed by atoms with van der Waals surface area (Å²) in [4.78, 5) is 23.1. The largest absolute Gasteiger partial charge is 0.510 e. The van der Waals surface area contributed by atoms with Crippen LogP contribution in [-0.4, -0.2) is 38.1 Å². The lowest BCUT2D eigenvalue weighted by Gasteiger charge is -2.24. The second-order valence-corrected chi connectivity index (χ2v) is 7.12. The molecule has 0 spiro atoms. The molecule has 0 saturated carbocycles. The average Bonchev–Trinajstić information content (AvgIpc) is 2.57. The molecule has 0 bridgehead atoms. The van der Waals surface area contributed by atoms with Gasteiger partial charge < -0.3 is 18.9 Å². The third-order valence-electron chi connectivity index (χ3n) is 2.88. The summed E-state index contributed by atoms with van der Waals surface area (Å²) < 4.78 is 42.2. The molecule has 2 unspecified atom stereocenters. The molecule has 0 saturated heterocycles. The molecule has 0 aliphatic rings. The molecule has 10 nitrogen and oxygen atoms in total. The van der Waals surface area contributed by atoms with E-state index in [0.29, 0.717) is 25.7 Å². The fourth-order valence-corrected chi connectivity index (χ4v) is 2.75. The van der Waals surface area contributed by atoms with Crippen molar-refractivity contribution in [1.82, 2.24) is 0 Å². The molecular weight excluding hydrogens is 381 g/mol. The van der Waals surface area contributed by atoms with Crippen molar-refractivity contribution >= 4 is 20.1 Å². The number of carbonyl (C=O) groups is 2. The zero-order chi connectivity index (χ0) is 20.7. The minimum absolute atomic E-state index is 0.181. The van der Waals surface area contributed by atoms with E-state index in [1.54, 1.807) is 0 Å². The summed E-state index contributed by atoms with van der Waals surface area (Å²) in [5, 5.41) is 0. The SMILES string of the molecule is CCCOC(=O)OC(CCC)OP(N)(=O)OC(CCC)OC(=O)OCCC. The Hall–Kier alpha value is -1.35. The fourth-order valence-electron chi connectivity index (χ4n) is 1.74. The molecule has 2 N–H and O–H groups in total. The van der Waals surface area contributed by atoms with E-state index in [2.05, 4.69) is 0 Å². The molecule has 0 fully saturated rings. The van der Waals surface area contributed by atoms with Crippen LogP contribution in [0.3, 0.4) is 0 Å². The third kappa shape index (κ3) is 13.5. The lowest BCUT2D eigenvalue weighted by molar-refractivity contribution is -0.101. The monoisotopic (exact) mass is 413 g/mol. The maximum Gasteiger partial charge on any atom is 0.510 e. The number of carbonyl (C=O) groups excluding carboxylic acids is 2. The first-order valence-corrected chi connectivity index (χ1v) is 10.8. The van der Waals surface area contributed by atoms with Crippen molar-refractivity contribution < 1.29 is 42.1 Å². The quantitative estimate of drug-likeness (QED) is 0.247. The molecule has 0 aromatic carbocycles. The van der Waals surface area contributed by atoms with E-state index in [4.69, 9.17) is 33.5 Å². The lowest BCUT2D eigenvalue weighted by atomic mass is 10.3. The normalized spacial score (nSPS) is 15.3. The Morgan fingerprint density at radius 3 is 1.44 bits per heavy atom. The first-order valence-electron chi connectivity index (χ1n) is 9.20. The topological polar surface area (TPSA) is 133 Å². The molecule has 0 aromatic rings. The van der Waals surface area contributed by atoms with Gasteiger partial charge in [-0.25, -0.2) is 19.7 Å². The summed E-state index contributed by atoms with van der Waals surface area (Å²) in [6.07, 6.45) is -1.54. The minimum Gasteiger partial charge on any atom is -0.434 e. The van der Waals surface area contributed by atoms with Gasteiger partial charge in [0.25, 0.3) is 0 Å². The Morgan fingerprint density at radius 2 is 1.15 bits per heavy atom. The molecule has 0 amide bonds. The van der Waals surface area contributed by atoms with E-state index in [1.165, 1.54) is 0 Å². The highest BCUT2D eigenvalue weighted by atomic mass is 31.2. The van der Waals surface area contributed by atoms with E-state index in [1.807, 2.05) is 27.7 Å². The van der Waals surface area contributed by atoms with Gasteiger partial charge in [-0.05, 0) is 12.8 Å². The third-order valence-corrected chi connectivity index (χ3v) is 3.94. The molecule has 0 aliphatic carbocycles. The van der Waals surface area contributed by atoms with Crippen molar-refractivity contribution in [1.29, 1.82) is 0 Å². The fraction of sp³-hybridized carbons (Fsp3) is 0.875. The van der Waals surface area contributed by atoms with Crippen LogP contribution in [-0.2, 0) is 32.6 Å². The van der Waals surface area contributed by atoms with Crippen LogP contribution in [0.5, 0.6) is 0 Å². The van der Waals surface area contributed by atoms with Crippen molar-refractivity contribution in [3.8, 4) is 0 Å². The molecular formula is C16H32NO9P. The zero-order valence-corrected chi connectivity index (χ0v) is 17.4. The Morgan fingerprint density at radius 1 is 0.778 bits per heavy atom. The van der Waals surface area contributed by atoms with Crippen LogP contribution in [0.25, 0.3) is 0 Å². The van der Waals surface area contributed by atoms with E-state index in [9.17, 15) is 14.2 Å². The molecule has 11 heteroatoms. The van der Waals surface area contributed by atoms with E-state index < -0.39 is 32.6 Å². The van der Waals surface area contributed by atoms with Crippen LogP contribution in [0.4, 0.5) is 9.59 Å². The second-order valence-electron chi connectivity index (χ2n) is 5.62. The number of nitrogens with two attached hydrogens (primary N) is 1. The number of ether oxygens (including phenoxy) is 4. The van der Waals surface area contributed by atoms with Crippen molar-refractivity contribution in [3.63, 3.8) is 0 Å². The van der Waals surface area contributed by atoms with Crippen molar-refractivity contribution in [3.05, 3.63) is 0 Å². The maximum atomic E-state index is 12.4. The maximum absolute atomic E-state index is 12.4. The van der Waals surface area contributed by atoms with Gasteiger partial charge in [0.2, 0.25) is 12.6 Å². The van der Waals surface area contributed by atoms with Crippen molar-refractivity contribution in [2.45, 2.75) is 78.8 Å². The Bertz CT molecular complexity index is 437. The van der Waals surface area contributed by atoms with E-state index in [-0.39, 0.29) is 26.1 Å². The Labute approximate surface area is 160 Å². The van der Waals surface area contributed by atoms with Crippen LogP contribution < -0.4 is 5.50 Å². The predicted molar refractivity (Wildman–Crippen MR) is 96.8 cm³/mol. The first-order chi connectivity index (χ1) is 12.8. The van der Waals surface area contributed by atoms with Gasteiger partial charge >= 0.3 is 20.1 Å². The highest BCUT2D eigenvalue weighted by molar-refractivity contribution is 7.51. The molecule has 0 aromatic heterocycles. The van der Waals surface area contributed by atoms with E-state index in [0.717, 1.165) is 0 Å². The van der Waals surface area contributed by atoms with Crippen LogP contribution in [0, 0.1) is 0 Å². The van der Waals surface area contributed by atoms with E-state index >= 15 is 0 Å². The highest BCUT2D eigenvalue weighted by Gasteiger charge is 2.32. The van der Waals surface area contributed by atoms with Gasteiger partial charge in [0, 0.05) is 12.8 Å².